The van der Waals surface area contributed by atoms with Crippen LogP contribution in [0.15, 0.2) is 53.7 Å². The van der Waals surface area contributed by atoms with E-state index in [2.05, 4.69) is 16.5 Å². The van der Waals surface area contributed by atoms with Gasteiger partial charge in [0.2, 0.25) is 0 Å². The highest BCUT2D eigenvalue weighted by atomic mass is 16.3. The Labute approximate surface area is 117 Å². The average Bonchev–Trinajstić information content (AvgIpc) is 2.86. The van der Waals surface area contributed by atoms with Crippen LogP contribution in [0.4, 0.5) is 0 Å². The molecule has 20 heavy (non-hydrogen) atoms. The van der Waals surface area contributed by atoms with E-state index in [1.54, 1.807) is 12.4 Å². The number of allylic oxidation sites excluding steroid dienone is 1. The molecule has 0 saturated carbocycles. The van der Waals surface area contributed by atoms with Gasteiger partial charge in [-0.3, -0.25) is 0 Å². The van der Waals surface area contributed by atoms with Crippen LogP contribution in [0.5, 0.6) is 0 Å². The maximum absolute atomic E-state index is 5.89. The van der Waals surface area contributed by atoms with Gasteiger partial charge in [0.1, 0.15) is 23.3 Å². The van der Waals surface area contributed by atoms with Crippen LogP contribution in [0.1, 0.15) is 18.2 Å². The smallest absolute Gasteiger partial charge is 0.180 e. The Morgan fingerprint density at radius 2 is 1.95 bits per heavy atom. The van der Waals surface area contributed by atoms with Crippen LogP contribution in [0.2, 0.25) is 0 Å². The molecular formula is C17H14N2O. The van der Waals surface area contributed by atoms with Gasteiger partial charge in [0.15, 0.2) is 5.58 Å². The van der Waals surface area contributed by atoms with Crippen molar-refractivity contribution < 1.29 is 4.42 Å². The SMILES string of the molecule is C=Cc1oc2c(-c3ccccc3)ncnc2c1/C=C\C. The molecular weight excluding hydrogens is 248 g/mol. The van der Waals surface area contributed by atoms with Gasteiger partial charge in [-0.1, -0.05) is 49.1 Å². The molecule has 3 rings (SSSR count). The summed E-state index contributed by atoms with van der Waals surface area (Å²) in [5.74, 6) is 0.718. The summed E-state index contributed by atoms with van der Waals surface area (Å²) in [4.78, 5) is 8.71. The van der Waals surface area contributed by atoms with E-state index in [1.807, 2.05) is 49.4 Å². The van der Waals surface area contributed by atoms with Crippen molar-refractivity contribution in [3.8, 4) is 11.3 Å². The standard InChI is InChI=1S/C17H14N2O/c1-3-8-13-14(4-2)20-17-15(18-11-19-16(13)17)12-9-6-5-7-10-12/h3-11H,2H2,1H3/b8-3-. The fraction of sp³-hybridized carbons (Fsp3) is 0.0588. The zero-order valence-electron chi connectivity index (χ0n) is 11.2. The van der Waals surface area contributed by atoms with E-state index in [0.717, 1.165) is 28.1 Å². The molecule has 0 N–H and O–H groups in total. The fourth-order valence-electron chi connectivity index (χ4n) is 2.22. The summed E-state index contributed by atoms with van der Waals surface area (Å²) in [7, 11) is 0. The first kappa shape index (κ1) is 12.4. The van der Waals surface area contributed by atoms with Gasteiger partial charge in [0.05, 0.1) is 0 Å². The first-order valence-electron chi connectivity index (χ1n) is 6.43. The van der Waals surface area contributed by atoms with E-state index in [4.69, 9.17) is 4.42 Å². The van der Waals surface area contributed by atoms with Crippen LogP contribution >= 0.6 is 0 Å². The van der Waals surface area contributed by atoms with Gasteiger partial charge < -0.3 is 4.42 Å². The number of aromatic nitrogens is 2. The molecule has 0 radical (unpaired) electrons. The van der Waals surface area contributed by atoms with Crippen molar-refractivity contribution in [2.24, 2.45) is 0 Å². The van der Waals surface area contributed by atoms with Gasteiger partial charge in [0, 0.05) is 11.1 Å². The molecule has 3 aromatic rings. The molecule has 0 amide bonds. The van der Waals surface area contributed by atoms with Gasteiger partial charge >= 0.3 is 0 Å². The topological polar surface area (TPSA) is 38.9 Å². The number of nitrogens with zero attached hydrogens (tertiary/aromatic N) is 2. The van der Waals surface area contributed by atoms with E-state index < -0.39 is 0 Å². The fourth-order valence-corrected chi connectivity index (χ4v) is 2.22. The molecule has 0 aliphatic heterocycles. The van der Waals surface area contributed by atoms with Crippen LogP contribution in [-0.2, 0) is 0 Å². The quantitative estimate of drug-likeness (QED) is 0.694. The van der Waals surface area contributed by atoms with Gasteiger partial charge in [-0.25, -0.2) is 9.97 Å². The molecule has 98 valence electrons. The van der Waals surface area contributed by atoms with Crippen molar-refractivity contribution in [1.82, 2.24) is 9.97 Å². The highest BCUT2D eigenvalue weighted by Crippen LogP contribution is 2.32. The van der Waals surface area contributed by atoms with E-state index >= 15 is 0 Å². The average molecular weight is 262 g/mol. The van der Waals surface area contributed by atoms with Crippen LogP contribution in [0.3, 0.4) is 0 Å². The Bertz CT molecular complexity index is 785. The molecule has 0 atom stereocenters. The maximum atomic E-state index is 5.89. The molecule has 3 nitrogen and oxygen atoms in total. The van der Waals surface area contributed by atoms with Crippen molar-refractivity contribution >= 4 is 23.3 Å². The van der Waals surface area contributed by atoms with Gasteiger partial charge in [-0.05, 0) is 13.0 Å². The normalized spacial score (nSPS) is 11.2. The molecule has 0 fully saturated rings. The highest BCUT2D eigenvalue weighted by molar-refractivity contribution is 5.95. The molecule has 0 aliphatic rings. The van der Waals surface area contributed by atoms with E-state index in [0.29, 0.717) is 5.58 Å². The van der Waals surface area contributed by atoms with E-state index in [1.165, 1.54) is 0 Å². The van der Waals surface area contributed by atoms with Crippen LogP contribution in [0.25, 0.3) is 34.5 Å². The predicted octanol–water partition coefficient (Wildman–Crippen LogP) is 4.57. The third-order valence-corrected chi connectivity index (χ3v) is 3.10. The van der Waals surface area contributed by atoms with E-state index in [9.17, 15) is 0 Å². The van der Waals surface area contributed by atoms with Crippen molar-refractivity contribution in [2.45, 2.75) is 6.92 Å². The lowest BCUT2D eigenvalue weighted by Crippen LogP contribution is -1.86. The summed E-state index contributed by atoms with van der Waals surface area (Å²) in [6.45, 7) is 5.76. The third kappa shape index (κ3) is 1.93. The number of hydrogen-bond donors (Lipinski definition) is 0. The predicted molar refractivity (Wildman–Crippen MR) is 82.0 cm³/mol. The second-order valence-corrected chi connectivity index (χ2v) is 4.35. The molecule has 0 saturated heterocycles. The lowest BCUT2D eigenvalue weighted by molar-refractivity contribution is 0.602. The second kappa shape index (κ2) is 5.13. The number of benzene rings is 1. The molecule has 3 heteroatoms. The second-order valence-electron chi connectivity index (χ2n) is 4.35. The summed E-state index contributed by atoms with van der Waals surface area (Å²) in [5.41, 5.74) is 4.26. The summed E-state index contributed by atoms with van der Waals surface area (Å²) in [6, 6.07) is 9.95. The summed E-state index contributed by atoms with van der Waals surface area (Å²) in [6.07, 6.45) is 7.21. The number of hydrogen-bond acceptors (Lipinski definition) is 3. The lowest BCUT2D eigenvalue weighted by Gasteiger charge is -2.00. The molecule has 0 spiro atoms. The zero-order valence-corrected chi connectivity index (χ0v) is 11.2. The van der Waals surface area contributed by atoms with Crippen molar-refractivity contribution in [3.05, 3.63) is 60.6 Å². The molecule has 2 aromatic heterocycles. The number of furan rings is 1. The minimum Gasteiger partial charge on any atom is -0.452 e. The Balaban J connectivity index is 2.34. The van der Waals surface area contributed by atoms with Gasteiger partial charge in [-0.2, -0.15) is 0 Å². The van der Waals surface area contributed by atoms with Crippen molar-refractivity contribution in [3.63, 3.8) is 0 Å². The van der Waals surface area contributed by atoms with Crippen LogP contribution in [-0.4, -0.2) is 9.97 Å². The van der Waals surface area contributed by atoms with Gasteiger partial charge in [-0.15, -0.1) is 0 Å². The Morgan fingerprint density at radius 1 is 1.15 bits per heavy atom. The third-order valence-electron chi connectivity index (χ3n) is 3.10. The molecule has 1 aromatic carbocycles. The Kier molecular flexibility index (Phi) is 3.17. The van der Waals surface area contributed by atoms with Crippen molar-refractivity contribution in [1.29, 1.82) is 0 Å². The van der Waals surface area contributed by atoms with Crippen molar-refractivity contribution in [2.75, 3.05) is 0 Å². The monoisotopic (exact) mass is 262 g/mol. The largest absolute Gasteiger partial charge is 0.452 e. The molecule has 0 unspecified atom stereocenters. The number of fused-ring (bicyclic) bond motifs is 1. The summed E-state index contributed by atoms with van der Waals surface area (Å²) in [5, 5.41) is 0. The first-order valence-corrected chi connectivity index (χ1v) is 6.43. The number of rotatable bonds is 3. The molecule has 0 bridgehead atoms. The summed E-state index contributed by atoms with van der Waals surface area (Å²) >= 11 is 0. The van der Waals surface area contributed by atoms with Crippen LogP contribution < -0.4 is 0 Å². The molecule has 0 aliphatic carbocycles. The minimum atomic E-state index is 0.696. The Hall–Kier alpha value is -2.68. The van der Waals surface area contributed by atoms with Crippen LogP contribution in [0, 0.1) is 0 Å². The Morgan fingerprint density at radius 3 is 2.65 bits per heavy atom. The first-order chi connectivity index (χ1) is 9.85. The zero-order chi connectivity index (χ0) is 13.9. The summed E-state index contributed by atoms with van der Waals surface area (Å²) < 4.78 is 5.89. The van der Waals surface area contributed by atoms with E-state index in [-0.39, 0.29) is 0 Å². The highest BCUT2D eigenvalue weighted by Gasteiger charge is 2.16. The minimum absolute atomic E-state index is 0.696. The molecule has 2 heterocycles. The maximum Gasteiger partial charge on any atom is 0.180 e. The van der Waals surface area contributed by atoms with Gasteiger partial charge in [0.25, 0.3) is 0 Å². The lowest BCUT2D eigenvalue weighted by atomic mass is 10.1.